The molecule has 5 heteroatoms. The van der Waals surface area contributed by atoms with E-state index in [4.69, 9.17) is 5.21 Å². The van der Waals surface area contributed by atoms with Gasteiger partial charge in [0.15, 0.2) is 0 Å². The first-order valence-corrected chi connectivity index (χ1v) is 12.9. The fourth-order valence-corrected chi connectivity index (χ4v) is 5.73. The van der Waals surface area contributed by atoms with Crippen LogP contribution in [0.15, 0.2) is 78.9 Å². The molecule has 1 aliphatic rings. The number of likely N-dealkylation sites (tertiary alicyclic amines) is 1. The molecular formula is C31H35N3O2. The molecule has 1 aliphatic heterocycles. The molecule has 5 nitrogen and oxygen atoms in total. The number of nitrogens with one attached hydrogen (secondary N) is 1. The summed E-state index contributed by atoms with van der Waals surface area (Å²) < 4.78 is 2.53. The maximum atomic E-state index is 11.7. The number of nitrogens with zero attached hydrogens (tertiary/aromatic N) is 2. The molecule has 1 atom stereocenters. The van der Waals surface area contributed by atoms with E-state index in [0.717, 1.165) is 31.6 Å². The third kappa shape index (κ3) is 4.95. The lowest BCUT2D eigenvalue weighted by atomic mass is 9.94. The molecular weight excluding hydrogens is 446 g/mol. The fraction of sp³-hybridized carbons (Fsp3) is 0.323. The van der Waals surface area contributed by atoms with Crippen molar-refractivity contribution in [2.45, 2.75) is 45.7 Å². The third-order valence-corrected chi connectivity index (χ3v) is 7.98. The van der Waals surface area contributed by atoms with Crippen LogP contribution in [0.2, 0.25) is 0 Å². The molecule has 0 spiro atoms. The Kier molecular flexibility index (Phi) is 7.21. The highest BCUT2D eigenvalue weighted by Crippen LogP contribution is 2.32. The van der Waals surface area contributed by atoms with E-state index in [1.54, 1.807) is 17.6 Å². The van der Waals surface area contributed by atoms with Crippen LogP contribution in [0.3, 0.4) is 0 Å². The number of carbonyl (C=O) groups excluding carboxylic acids is 1. The van der Waals surface area contributed by atoms with Crippen molar-refractivity contribution in [2.75, 3.05) is 13.1 Å². The maximum absolute atomic E-state index is 11.7. The van der Waals surface area contributed by atoms with Crippen molar-refractivity contribution in [2.24, 2.45) is 5.92 Å². The van der Waals surface area contributed by atoms with E-state index < -0.39 is 5.91 Å². The maximum Gasteiger partial charge on any atom is 0.274 e. The van der Waals surface area contributed by atoms with Gasteiger partial charge in [-0.1, -0.05) is 60.7 Å². The molecule has 1 unspecified atom stereocenters. The Morgan fingerprint density at radius 2 is 1.64 bits per heavy atom. The Bertz CT molecular complexity index is 1320. The largest absolute Gasteiger partial charge is 0.344 e. The molecule has 0 bridgehead atoms. The summed E-state index contributed by atoms with van der Waals surface area (Å²) in [6.45, 7) is 7.90. The van der Waals surface area contributed by atoms with Gasteiger partial charge in [-0.15, -0.1) is 0 Å². The second-order valence-corrected chi connectivity index (χ2v) is 10.1. The number of para-hydroxylation sites is 1. The second-order valence-electron chi connectivity index (χ2n) is 10.1. The van der Waals surface area contributed by atoms with E-state index in [1.165, 1.54) is 40.6 Å². The van der Waals surface area contributed by atoms with Gasteiger partial charge in [-0.25, -0.2) is 5.48 Å². The summed E-state index contributed by atoms with van der Waals surface area (Å²) >= 11 is 0. The highest BCUT2D eigenvalue weighted by atomic mass is 16.5. The smallest absolute Gasteiger partial charge is 0.274 e. The molecule has 36 heavy (non-hydrogen) atoms. The topological polar surface area (TPSA) is 57.5 Å². The van der Waals surface area contributed by atoms with E-state index in [-0.39, 0.29) is 0 Å². The molecule has 5 rings (SSSR count). The Balaban J connectivity index is 1.31. The van der Waals surface area contributed by atoms with E-state index in [1.807, 2.05) is 12.1 Å². The molecule has 1 saturated heterocycles. The number of piperidine rings is 1. The van der Waals surface area contributed by atoms with E-state index in [0.29, 0.717) is 17.5 Å². The Labute approximate surface area is 213 Å². The summed E-state index contributed by atoms with van der Waals surface area (Å²) in [6, 6.07) is 27.5. The van der Waals surface area contributed by atoms with Crippen molar-refractivity contribution in [1.29, 1.82) is 0 Å². The number of benzene rings is 3. The molecule has 186 valence electrons. The summed E-state index contributed by atoms with van der Waals surface area (Å²) in [6.07, 6.45) is 3.24. The zero-order valence-electron chi connectivity index (χ0n) is 21.2. The standard InChI is InChI=1S/C31H35N3O2/c1-22(26-8-4-3-5-9-26)33-18-16-25(17-19-33)21-34-23(2)29(28-10-6-7-11-30(28)34)20-24-12-14-27(15-13-24)31(35)32-36/h3-15,22,25,36H,16-21H2,1-2H3,(H,32,35). The van der Waals surface area contributed by atoms with Crippen molar-refractivity contribution in [3.8, 4) is 0 Å². The van der Waals surface area contributed by atoms with Crippen LogP contribution < -0.4 is 5.48 Å². The lowest BCUT2D eigenvalue weighted by molar-refractivity contribution is 0.0706. The zero-order valence-corrected chi connectivity index (χ0v) is 21.2. The quantitative estimate of drug-likeness (QED) is 0.246. The molecule has 0 radical (unpaired) electrons. The first-order chi connectivity index (χ1) is 17.5. The predicted octanol–water partition coefficient (Wildman–Crippen LogP) is 6.13. The van der Waals surface area contributed by atoms with Crippen molar-refractivity contribution in [1.82, 2.24) is 14.9 Å². The lowest BCUT2D eigenvalue weighted by Gasteiger charge is -2.36. The first kappa shape index (κ1) is 24.3. The van der Waals surface area contributed by atoms with Gasteiger partial charge in [0, 0.05) is 34.7 Å². The predicted molar refractivity (Wildman–Crippen MR) is 144 cm³/mol. The van der Waals surface area contributed by atoms with Crippen LogP contribution in [-0.2, 0) is 13.0 Å². The van der Waals surface area contributed by atoms with Crippen LogP contribution in [-0.4, -0.2) is 33.7 Å². The summed E-state index contributed by atoms with van der Waals surface area (Å²) in [5.41, 5.74) is 8.68. The molecule has 0 aliphatic carbocycles. The first-order valence-electron chi connectivity index (χ1n) is 12.9. The number of aromatic nitrogens is 1. The highest BCUT2D eigenvalue weighted by Gasteiger charge is 2.25. The van der Waals surface area contributed by atoms with Gasteiger partial charge in [-0.05, 0) is 87.0 Å². The van der Waals surface area contributed by atoms with Gasteiger partial charge in [-0.2, -0.15) is 0 Å². The normalized spacial score (nSPS) is 15.8. The van der Waals surface area contributed by atoms with Crippen molar-refractivity contribution < 1.29 is 10.0 Å². The molecule has 0 saturated carbocycles. The number of amides is 1. The Hall–Kier alpha value is -3.41. The molecule has 3 aromatic carbocycles. The highest BCUT2D eigenvalue weighted by molar-refractivity contribution is 5.93. The minimum atomic E-state index is -0.487. The fourth-order valence-electron chi connectivity index (χ4n) is 5.73. The average molecular weight is 482 g/mol. The van der Waals surface area contributed by atoms with Crippen LogP contribution in [0.4, 0.5) is 0 Å². The third-order valence-electron chi connectivity index (χ3n) is 7.98. The SMILES string of the molecule is Cc1c(Cc2ccc(C(=O)NO)cc2)c2ccccc2n1CC1CCN(C(C)c2ccccc2)CC1. The van der Waals surface area contributed by atoms with Gasteiger partial charge in [-0.3, -0.25) is 14.9 Å². The molecule has 2 N–H and O–H groups in total. The summed E-state index contributed by atoms with van der Waals surface area (Å²) in [7, 11) is 0. The summed E-state index contributed by atoms with van der Waals surface area (Å²) in [5.74, 6) is 0.182. The van der Waals surface area contributed by atoms with Crippen LogP contribution in [0.5, 0.6) is 0 Å². The van der Waals surface area contributed by atoms with Gasteiger partial charge in [0.2, 0.25) is 0 Å². The minimum Gasteiger partial charge on any atom is -0.344 e. The van der Waals surface area contributed by atoms with Gasteiger partial charge in [0.1, 0.15) is 0 Å². The summed E-state index contributed by atoms with van der Waals surface area (Å²) in [4.78, 5) is 14.3. The second kappa shape index (κ2) is 10.7. The zero-order chi connectivity index (χ0) is 25.1. The van der Waals surface area contributed by atoms with Gasteiger partial charge in [0.05, 0.1) is 0 Å². The van der Waals surface area contributed by atoms with Crippen molar-refractivity contribution in [3.05, 3.63) is 107 Å². The number of fused-ring (bicyclic) bond motifs is 1. The van der Waals surface area contributed by atoms with Gasteiger partial charge in [0.25, 0.3) is 5.91 Å². The number of rotatable bonds is 7. The Morgan fingerprint density at radius 3 is 2.33 bits per heavy atom. The van der Waals surface area contributed by atoms with Crippen LogP contribution in [0.25, 0.3) is 10.9 Å². The molecule has 4 aromatic rings. The molecule has 1 fully saturated rings. The number of hydrogen-bond donors (Lipinski definition) is 2. The monoisotopic (exact) mass is 481 g/mol. The number of hydroxylamine groups is 1. The molecule has 2 heterocycles. The van der Waals surface area contributed by atoms with E-state index in [2.05, 4.69) is 77.9 Å². The Morgan fingerprint density at radius 1 is 0.972 bits per heavy atom. The summed E-state index contributed by atoms with van der Waals surface area (Å²) in [5, 5.41) is 10.2. The molecule has 1 amide bonds. The van der Waals surface area contributed by atoms with Crippen LogP contribution >= 0.6 is 0 Å². The van der Waals surface area contributed by atoms with Crippen LogP contribution in [0, 0.1) is 12.8 Å². The lowest BCUT2D eigenvalue weighted by Crippen LogP contribution is -2.36. The minimum absolute atomic E-state index is 0.452. The average Bonchev–Trinajstić information content (AvgIpc) is 3.19. The molecule has 1 aromatic heterocycles. The number of hydrogen-bond acceptors (Lipinski definition) is 3. The van der Waals surface area contributed by atoms with E-state index in [9.17, 15) is 4.79 Å². The number of carbonyl (C=O) groups is 1. The van der Waals surface area contributed by atoms with Crippen molar-refractivity contribution >= 4 is 16.8 Å². The van der Waals surface area contributed by atoms with Crippen LogP contribution in [0.1, 0.15) is 58.5 Å². The van der Waals surface area contributed by atoms with Gasteiger partial charge >= 0.3 is 0 Å². The van der Waals surface area contributed by atoms with Crippen molar-refractivity contribution in [3.63, 3.8) is 0 Å². The van der Waals surface area contributed by atoms with Gasteiger partial charge < -0.3 is 4.57 Å². The van der Waals surface area contributed by atoms with E-state index >= 15 is 0 Å².